The summed E-state index contributed by atoms with van der Waals surface area (Å²) in [4.78, 5) is 23.5. The highest BCUT2D eigenvalue weighted by Gasteiger charge is 2.16. The van der Waals surface area contributed by atoms with Crippen molar-refractivity contribution in [1.29, 1.82) is 0 Å². The fraction of sp³-hybridized carbons (Fsp3) is 0.300. The number of ether oxygens (including phenoxy) is 1. The Hall–Kier alpha value is -2.82. The standard InChI is InChI=1S/C20H24N2O3/c1-15-8-10-18(11-9-15)25-13-12-21-20(24)14-19(22-16(2)23)17-6-4-3-5-7-17/h3-11,19H,12-14H2,1-2H3,(H,21,24)(H,22,23). The van der Waals surface area contributed by atoms with E-state index in [-0.39, 0.29) is 24.3 Å². The molecule has 2 N–H and O–H groups in total. The molecule has 5 heteroatoms. The van der Waals surface area contributed by atoms with Gasteiger partial charge in [0.25, 0.3) is 0 Å². The first-order chi connectivity index (χ1) is 12.0. The van der Waals surface area contributed by atoms with E-state index < -0.39 is 0 Å². The Morgan fingerprint density at radius 3 is 2.36 bits per heavy atom. The lowest BCUT2D eigenvalue weighted by Crippen LogP contribution is -2.34. The van der Waals surface area contributed by atoms with Gasteiger partial charge in [-0.25, -0.2) is 0 Å². The zero-order valence-electron chi connectivity index (χ0n) is 14.6. The van der Waals surface area contributed by atoms with Crippen LogP contribution in [0.15, 0.2) is 54.6 Å². The lowest BCUT2D eigenvalue weighted by Gasteiger charge is -2.18. The Bertz CT molecular complexity index is 684. The van der Waals surface area contributed by atoms with Crippen LogP contribution in [0.1, 0.15) is 30.5 Å². The normalized spacial score (nSPS) is 11.4. The summed E-state index contributed by atoms with van der Waals surface area (Å²) in [5.74, 6) is 0.486. The molecular formula is C20H24N2O3. The minimum atomic E-state index is -0.336. The first-order valence-electron chi connectivity index (χ1n) is 8.33. The van der Waals surface area contributed by atoms with Crippen molar-refractivity contribution in [2.24, 2.45) is 0 Å². The molecule has 0 spiro atoms. The van der Waals surface area contributed by atoms with E-state index in [0.717, 1.165) is 11.3 Å². The third-order valence-electron chi connectivity index (χ3n) is 3.68. The van der Waals surface area contributed by atoms with Crippen LogP contribution in [0.3, 0.4) is 0 Å². The van der Waals surface area contributed by atoms with Gasteiger partial charge >= 0.3 is 0 Å². The molecule has 0 aromatic heterocycles. The van der Waals surface area contributed by atoms with Crippen molar-refractivity contribution in [3.8, 4) is 5.75 Å². The largest absolute Gasteiger partial charge is 0.492 e. The van der Waals surface area contributed by atoms with Crippen molar-refractivity contribution >= 4 is 11.8 Å². The highest BCUT2D eigenvalue weighted by atomic mass is 16.5. The van der Waals surface area contributed by atoms with E-state index in [0.29, 0.717) is 13.2 Å². The van der Waals surface area contributed by atoms with E-state index >= 15 is 0 Å². The summed E-state index contributed by atoms with van der Waals surface area (Å²) in [5.41, 5.74) is 2.08. The molecule has 5 nitrogen and oxygen atoms in total. The molecule has 0 fully saturated rings. The topological polar surface area (TPSA) is 67.4 Å². The van der Waals surface area contributed by atoms with Crippen LogP contribution in [0.5, 0.6) is 5.75 Å². The highest BCUT2D eigenvalue weighted by molar-refractivity contribution is 5.79. The lowest BCUT2D eigenvalue weighted by molar-refractivity contribution is -0.122. The molecule has 0 saturated carbocycles. The van der Waals surface area contributed by atoms with Crippen molar-refractivity contribution in [1.82, 2.24) is 10.6 Å². The first-order valence-corrected chi connectivity index (χ1v) is 8.33. The molecule has 0 radical (unpaired) electrons. The van der Waals surface area contributed by atoms with Crippen LogP contribution in [0, 0.1) is 6.92 Å². The van der Waals surface area contributed by atoms with E-state index in [1.807, 2.05) is 61.5 Å². The molecule has 0 bridgehead atoms. The number of benzene rings is 2. The van der Waals surface area contributed by atoms with Crippen molar-refractivity contribution in [2.45, 2.75) is 26.3 Å². The zero-order chi connectivity index (χ0) is 18.1. The monoisotopic (exact) mass is 340 g/mol. The van der Waals surface area contributed by atoms with Gasteiger partial charge in [-0.05, 0) is 24.6 Å². The summed E-state index contributed by atoms with van der Waals surface area (Å²) < 4.78 is 5.58. The minimum absolute atomic E-state index is 0.130. The van der Waals surface area contributed by atoms with Crippen LogP contribution in [0.2, 0.25) is 0 Å². The van der Waals surface area contributed by atoms with E-state index in [9.17, 15) is 9.59 Å². The fourth-order valence-corrected chi connectivity index (χ4v) is 2.43. The molecular weight excluding hydrogens is 316 g/mol. The Balaban J connectivity index is 1.78. The summed E-state index contributed by atoms with van der Waals surface area (Å²) in [6.45, 7) is 4.27. The number of carbonyl (C=O) groups excluding carboxylic acids is 2. The molecule has 2 rings (SSSR count). The molecule has 1 atom stereocenters. The number of hydrogen-bond acceptors (Lipinski definition) is 3. The van der Waals surface area contributed by atoms with Crippen LogP contribution in [-0.2, 0) is 9.59 Å². The molecule has 132 valence electrons. The predicted molar refractivity (Wildman–Crippen MR) is 97.3 cm³/mol. The second kappa shape index (κ2) is 9.47. The van der Waals surface area contributed by atoms with Gasteiger partial charge in [-0.2, -0.15) is 0 Å². The molecule has 0 aliphatic carbocycles. The molecule has 25 heavy (non-hydrogen) atoms. The zero-order valence-corrected chi connectivity index (χ0v) is 14.6. The minimum Gasteiger partial charge on any atom is -0.492 e. The summed E-state index contributed by atoms with van der Waals surface area (Å²) in [5, 5.41) is 5.64. The predicted octanol–water partition coefficient (Wildman–Crippen LogP) is 2.76. The summed E-state index contributed by atoms with van der Waals surface area (Å²) >= 11 is 0. The summed E-state index contributed by atoms with van der Waals surface area (Å²) in [7, 11) is 0. The number of carbonyl (C=O) groups is 2. The maximum atomic E-state index is 12.1. The van der Waals surface area contributed by atoms with Gasteiger partial charge in [-0.15, -0.1) is 0 Å². The number of amides is 2. The van der Waals surface area contributed by atoms with Crippen LogP contribution >= 0.6 is 0 Å². The van der Waals surface area contributed by atoms with Crippen molar-refractivity contribution in [3.05, 3.63) is 65.7 Å². The average molecular weight is 340 g/mol. The summed E-state index contributed by atoms with van der Waals surface area (Å²) in [6, 6.07) is 16.9. The van der Waals surface area contributed by atoms with Crippen molar-refractivity contribution in [3.63, 3.8) is 0 Å². The van der Waals surface area contributed by atoms with E-state index in [1.54, 1.807) is 0 Å². The van der Waals surface area contributed by atoms with Gasteiger partial charge in [-0.1, -0.05) is 48.0 Å². The molecule has 0 heterocycles. The molecule has 1 unspecified atom stereocenters. The average Bonchev–Trinajstić information content (AvgIpc) is 2.60. The van der Waals surface area contributed by atoms with Gasteiger partial charge in [0.05, 0.1) is 19.0 Å². The van der Waals surface area contributed by atoms with Crippen LogP contribution in [0.4, 0.5) is 0 Å². The maximum absolute atomic E-state index is 12.1. The summed E-state index contributed by atoms with van der Waals surface area (Å²) in [6.07, 6.45) is 0.189. The Labute approximate surface area is 148 Å². The quantitative estimate of drug-likeness (QED) is 0.726. The third kappa shape index (κ3) is 6.67. The Morgan fingerprint density at radius 1 is 1.04 bits per heavy atom. The lowest BCUT2D eigenvalue weighted by atomic mass is 10.0. The van der Waals surface area contributed by atoms with Gasteiger partial charge in [0.15, 0.2) is 0 Å². The second-order valence-electron chi connectivity index (χ2n) is 5.88. The molecule has 0 aliphatic rings. The number of hydrogen-bond donors (Lipinski definition) is 2. The molecule has 0 aliphatic heterocycles. The van der Waals surface area contributed by atoms with E-state index in [2.05, 4.69) is 10.6 Å². The van der Waals surface area contributed by atoms with Crippen molar-refractivity contribution in [2.75, 3.05) is 13.2 Å². The van der Waals surface area contributed by atoms with Crippen LogP contribution in [0.25, 0.3) is 0 Å². The van der Waals surface area contributed by atoms with Crippen LogP contribution in [-0.4, -0.2) is 25.0 Å². The van der Waals surface area contributed by atoms with E-state index in [1.165, 1.54) is 12.5 Å². The molecule has 2 aromatic carbocycles. The molecule has 2 amide bonds. The Morgan fingerprint density at radius 2 is 1.72 bits per heavy atom. The third-order valence-corrected chi connectivity index (χ3v) is 3.68. The number of rotatable bonds is 8. The van der Waals surface area contributed by atoms with Gasteiger partial charge in [0.1, 0.15) is 12.4 Å². The van der Waals surface area contributed by atoms with E-state index in [4.69, 9.17) is 4.74 Å². The van der Waals surface area contributed by atoms with Gasteiger partial charge in [0.2, 0.25) is 11.8 Å². The first kappa shape index (κ1) is 18.5. The van der Waals surface area contributed by atoms with Gasteiger partial charge < -0.3 is 15.4 Å². The highest BCUT2D eigenvalue weighted by Crippen LogP contribution is 2.16. The SMILES string of the molecule is CC(=O)NC(CC(=O)NCCOc1ccc(C)cc1)c1ccccc1. The van der Waals surface area contributed by atoms with Gasteiger partial charge in [-0.3, -0.25) is 9.59 Å². The second-order valence-corrected chi connectivity index (χ2v) is 5.88. The molecule has 0 saturated heterocycles. The smallest absolute Gasteiger partial charge is 0.222 e. The Kier molecular flexibility index (Phi) is 7.01. The van der Waals surface area contributed by atoms with Crippen LogP contribution < -0.4 is 15.4 Å². The maximum Gasteiger partial charge on any atom is 0.222 e. The fourth-order valence-electron chi connectivity index (χ4n) is 2.43. The number of nitrogens with one attached hydrogen (secondary N) is 2. The molecule has 2 aromatic rings. The van der Waals surface area contributed by atoms with Gasteiger partial charge in [0, 0.05) is 6.92 Å². The number of aryl methyl sites for hydroxylation is 1. The van der Waals surface area contributed by atoms with Crippen molar-refractivity contribution < 1.29 is 14.3 Å².